The van der Waals surface area contributed by atoms with Gasteiger partial charge in [-0.2, -0.15) is 5.10 Å². The van der Waals surface area contributed by atoms with E-state index in [1.807, 2.05) is 37.5 Å². The van der Waals surface area contributed by atoms with E-state index in [0.29, 0.717) is 13.1 Å². The standard InChI is InChI=1S/C13H25N5O/c1-6-14-8-11-10(3)16-18(5)13(11)17(4)9-12(19)15-7-2/h14H,6-9H2,1-5H3,(H,15,19). The van der Waals surface area contributed by atoms with Crippen LogP contribution in [0.15, 0.2) is 0 Å². The van der Waals surface area contributed by atoms with Crippen molar-refractivity contribution in [3.8, 4) is 0 Å². The predicted molar refractivity (Wildman–Crippen MR) is 77.3 cm³/mol. The Bertz CT molecular complexity index is 427. The fourth-order valence-electron chi connectivity index (χ4n) is 2.17. The molecule has 0 aliphatic carbocycles. The molecule has 1 aromatic rings. The highest BCUT2D eigenvalue weighted by Crippen LogP contribution is 2.21. The van der Waals surface area contributed by atoms with E-state index in [2.05, 4.69) is 22.7 Å². The molecule has 108 valence electrons. The van der Waals surface area contributed by atoms with Crippen LogP contribution in [0.4, 0.5) is 5.82 Å². The molecule has 1 rings (SSSR count). The first-order chi connectivity index (χ1) is 9.01. The maximum Gasteiger partial charge on any atom is 0.239 e. The Hall–Kier alpha value is -1.56. The number of aromatic nitrogens is 2. The summed E-state index contributed by atoms with van der Waals surface area (Å²) in [6, 6.07) is 0. The first-order valence-corrected chi connectivity index (χ1v) is 6.72. The van der Waals surface area contributed by atoms with E-state index in [0.717, 1.165) is 30.2 Å². The van der Waals surface area contributed by atoms with Gasteiger partial charge in [-0.1, -0.05) is 6.92 Å². The molecule has 0 saturated heterocycles. The highest BCUT2D eigenvalue weighted by Gasteiger charge is 2.18. The van der Waals surface area contributed by atoms with Gasteiger partial charge in [-0.05, 0) is 20.4 Å². The first kappa shape index (κ1) is 15.5. The summed E-state index contributed by atoms with van der Waals surface area (Å²) in [6.07, 6.45) is 0. The zero-order valence-electron chi connectivity index (χ0n) is 12.6. The van der Waals surface area contributed by atoms with Gasteiger partial charge in [0, 0.05) is 32.7 Å². The normalized spacial score (nSPS) is 10.6. The first-order valence-electron chi connectivity index (χ1n) is 6.72. The van der Waals surface area contributed by atoms with Crippen molar-refractivity contribution >= 4 is 11.7 Å². The number of carbonyl (C=O) groups excluding carboxylic acids is 1. The molecule has 1 heterocycles. The van der Waals surface area contributed by atoms with Gasteiger partial charge in [0.1, 0.15) is 5.82 Å². The average Bonchev–Trinajstić information content (AvgIpc) is 2.61. The summed E-state index contributed by atoms with van der Waals surface area (Å²) in [6.45, 7) is 8.66. The third kappa shape index (κ3) is 3.96. The van der Waals surface area contributed by atoms with Gasteiger partial charge in [0.2, 0.25) is 5.91 Å². The summed E-state index contributed by atoms with van der Waals surface area (Å²) in [4.78, 5) is 13.6. The predicted octanol–water partition coefficient (Wildman–Crippen LogP) is 0.410. The molecule has 0 saturated carbocycles. The fraction of sp³-hybridized carbons (Fsp3) is 0.692. The third-order valence-electron chi connectivity index (χ3n) is 2.98. The zero-order chi connectivity index (χ0) is 14.4. The number of likely N-dealkylation sites (N-methyl/N-ethyl adjacent to an activating group) is 2. The Balaban J connectivity index is 2.88. The number of nitrogens with zero attached hydrogens (tertiary/aromatic N) is 3. The van der Waals surface area contributed by atoms with Gasteiger partial charge >= 0.3 is 0 Å². The Morgan fingerprint density at radius 2 is 2.05 bits per heavy atom. The van der Waals surface area contributed by atoms with Crippen LogP contribution in [-0.2, 0) is 18.4 Å². The van der Waals surface area contributed by atoms with Crippen LogP contribution in [-0.4, -0.2) is 42.4 Å². The molecule has 19 heavy (non-hydrogen) atoms. The van der Waals surface area contributed by atoms with Gasteiger partial charge in [0.05, 0.1) is 12.2 Å². The highest BCUT2D eigenvalue weighted by molar-refractivity contribution is 5.81. The van der Waals surface area contributed by atoms with E-state index in [-0.39, 0.29) is 5.91 Å². The minimum Gasteiger partial charge on any atom is -0.355 e. The average molecular weight is 267 g/mol. The third-order valence-corrected chi connectivity index (χ3v) is 2.98. The summed E-state index contributed by atoms with van der Waals surface area (Å²) in [7, 11) is 3.83. The maximum absolute atomic E-state index is 11.7. The van der Waals surface area contributed by atoms with Crippen LogP contribution in [0.1, 0.15) is 25.1 Å². The van der Waals surface area contributed by atoms with Crippen molar-refractivity contribution in [1.29, 1.82) is 0 Å². The minimum absolute atomic E-state index is 0.0262. The molecule has 1 aromatic heterocycles. The lowest BCUT2D eigenvalue weighted by atomic mass is 10.2. The van der Waals surface area contributed by atoms with Crippen LogP contribution < -0.4 is 15.5 Å². The Kier molecular flexibility index (Phi) is 5.82. The van der Waals surface area contributed by atoms with Crippen LogP contribution in [0.25, 0.3) is 0 Å². The Morgan fingerprint density at radius 1 is 1.37 bits per heavy atom. The van der Waals surface area contributed by atoms with E-state index >= 15 is 0 Å². The number of carbonyl (C=O) groups is 1. The number of hydrogen-bond acceptors (Lipinski definition) is 4. The van der Waals surface area contributed by atoms with Gasteiger partial charge in [0.25, 0.3) is 0 Å². The Labute approximate surface area is 115 Å². The van der Waals surface area contributed by atoms with Crippen molar-refractivity contribution in [3.63, 3.8) is 0 Å². The lowest BCUT2D eigenvalue weighted by Crippen LogP contribution is -2.36. The maximum atomic E-state index is 11.7. The SMILES string of the molecule is CCNCc1c(C)nn(C)c1N(C)CC(=O)NCC. The molecule has 6 heteroatoms. The largest absolute Gasteiger partial charge is 0.355 e. The van der Waals surface area contributed by atoms with Crippen LogP contribution >= 0.6 is 0 Å². The van der Waals surface area contributed by atoms with Crippen molar-refractivity contribution < 1.29 is 4.79 Å². The molecule has 0 fully saturated rings. The number of rotatable bonds is 7. The zero-order valence-corrected chi connectivity index (χ0v) is 12.6. The molecule has 0 bridgehead atoms. The summed E-state index contributed by atoms with van der Waals surface area (Å²) >= 11 is 0. The molecule has 6 nitrogen and oxygen atoms in total. The molecule has 0 aliphatic rings. The van der Waals surface area contributed by atoms with Gasteiger partial charge in [0.15, 0.2) is 0 Å². The van der Waals surface area contributed by atoms with Crippen molar-refractivity contribution in [1.82, 2.24) is 20.4 Å². The second-order valence-electron chi connectivity index (χ2n) is 4.60. The molecule has 0 spiro atoms. The molecular weight excluding hydrogens is 242 g/mol. The van der Waals surface area contributed by atoms with Crippen molar-refractivity contribution in [2.45, 2.75) is 27.3 Å². The summed E-state index contributed by atoms with van der Waals surface area (Å²) in [5, 5.41) is 10.6. The van der Waals surface area contributed by atoms with Crippen LogP contribution in [0.5, 0.6) is 0 Å². The molecule has 0 radical (unpaired) electrons. The quantitative estimate of drug-likeness (QED) is 0.751. The lowest BCUT2D eigenvalue weighted by molar-refractivity contribution is -0.119. The van der Waals surface area contributed by atoms with Gasteiger partial charge in [-0.3, -0.25) is 9.48 Å². The number of amides is 1. The molecule has 0 unspecified atom stereocenters. The lowest BCUT2D eigenvalue weighted by Gasteiger charge is -2.20. The van der Waals surface area contributed by atoms with E-state index in [1.54, 1.807) is 0 Å². The molecule has 2 N–H and O–H groups in total. The van der Waals surface area contributed by atoms with E-state index in [1.165, 1.54) is 0 Å². The second-order valence-corrected chi connectivity index (χ2v) is 4.60. The second kappa shape index (κ2) is 7.13. The number of aryl methyl sites for hydroxylation is 2. The van der Waals surface area contributed by atoms with Crippen LogP contribution in [0.2, 0.25) is 0 Å². The fourth-order valence-corrected chi connectivity index (χ4v) is 2.17. The summed E-state index contributed by atoms with van der Waals surface area (Å²) in [5.41, 5.74) is 2.15. The van der Waals surface area contributed by atoms with Crippen LogP contribution in [0, 0.1) is 6.92 Å². The van der Waals surface area contributed by atoms with Crippen molar-refractivity contribution in [3.05, 3.63) is 11.3 Å². The summed E-state index contributed by atoms with van der Waals surface area (Å²) in [5.74, 6) is 1.02. The smallest absolute Gasteiger partial charge is 0.239 e. The van der Waals surface area contributed by atoms with E-state index in [4.69, 9.17) is 0 Å². The van der Waals surface area contributed by atoms with Crippen molar-refractivity contribution in [2.24, 2.45) is 7.05 Å². The molecular formula is C13H25N5O. The van der Waals surface area contributed by atoms with Gasteiger partial charge in [-0.25, -0.2) is 0 Å². The van der Waals surface area contributed by atoms with E-state index in [9.17, 15) is 4.79 Å². The molecule has 1 amide bonds. The number of nitrogens with one attached hydrogen (secondary N) is 2. The van der Waals surface area contributed by atoms with Crippen LogP contribution in [0.3, 0.4) is 0 Å². The monoisotopic (exact) mass is 267 g/mol. The minimum atomic E-state index is 0.0262. The Morgan fingerprint density at radius 3 is 2.63 bits per heavy atom. The molecule has 0 atom stereocenters. The van der Waals surface area contributed by atoms with Crippen molar-refractivity contribution in [2.75, 3.05) is 31.6 Å². The topological polar surface area (TPSA) is 62.2 Å². The molecule has 0 aliphatic heterocycles. The number of hydrogen-bond donors (Lipinski definition) is 2. The van der Waals surface area contributed by atoms with Gasteiger partial charge in [-0.15, -0.1) is 0 Å². The molecule has 0 aromatic carbocycles. The van der Waals surface area contributed by atoms with E-state index < -0.39 is 0 Å². The number of anilines is 1. The van der Waals surface area contributed by atoms with Gasteiger partial charge < -0.3 is 15.5 Å². The highest BCUT2D eigenvalue weighted by atomic mass is 16.2. The summed E-state index contributed by atoms with van der Waals surface area (Å²) < 4.78 is 1.83.